The molecular weight excluding hydrogens is 1580 g/mol. The Morgan fingerprint density at radius 1 is 0.223 bits per heavy atom. The van der Waals surface area contributed by atoms with E-state index in [1.54, 1.807) is 0 Å². The SMILES string of the molecule is CCCCCCC/C=C/CCCCCCCCCCCCCOC(=O)c1ccc(S(=O)(=O)[O-])cc1C(=O)OCCCCCCCCCCCCC/C=C/CCCCCCC.CCCCCCC/C=C/CCCCCCCCCCCCCOC(=O)c1ccc(S(=O)(=O)[O-])cc1C(=O)OCCCCCCCCCCCCC/C=C/CCCCCCC.[Ca+2]. The average molecular weight is 1760 g/mol. The maximum atomic E-state index is 13.0. The van der Waals surface area contributed by atoms with Crippen LogP contribution in [0, 0.1) is 0 Å². The maximum Gasteiger partial charge on any atom is 2.00 e. The summed E-state index contributed by atoms with van der Waals surface area (Å²) in [5.41, 5.74) is -0.668. The van der Waals surface area contributed by atoms with Crippen LogP contribution in [0.25, 0.3) is 0 Å². The molecule has 0 saturated carbocycles. The van der Waals surface area contributed by atoms with Crippen molar-refractivity contribution in [2.24, 2.45) is 0 Å². The molecule has 14 nitrogen and oxygen atoms in total. The molecule has 2 aromatic rings. The van der Waals surface area contributed by atoms with Gasteiger partial charge in [-0.2, -0.15) is 0 Å². The van der Waals surface area contributed by atoms with E-state index in [2.05, 4.69) is 76.3 Å². The van der Waals surface area contributed by atoms with Gasteiger partial charge in [0, 0.05) is 0 Å². The van der Waals surface area contributed by atoms with Crippen molar-refractivity contribution in [2.45, 2.75) is 500 Å². The summed E-state index contributed by atoms with van der Waals surface area (Å²) in [5.74, 6) is -3.09. The molecule has 0 heterocycles. The predicted molar refractivity (Wildman–Crippen MR) is 507 cm³/mol. The van der Waals surface area contributed by atoms with Crippen LogP contribution in [-0.4, -0.2) is 114 Å². The fraction of sp³-hybridized carbons (Fsp3) is 0.769. The minimum Gasteiger partial charge on any atom is -0.744 e. The summed E-state index contributed by atoms with van der Waals surface area (Å²) in [5, 5.41) is 0. The molecule has 0 aliphatic heterocycles. The molecule has 0 saturated heterocycles. The second-order valence-corrected chi connectivity index (χ2v) is 37.0. The Kier molecular flexibility index (Phi) is 85.7. The molecule has 0 aliphatic carbocycles. The van der Waals surface area contributed by atoms with Gasteiger partial charge in [0.1, 0.15) is 20.2 Å². The van der Waals surface area contributed by atoms with Gasteiger partial charge in [-0.25, -0.2) is 36.0 Å². The van der Waals surface area contributed by atoms with E-state index < -0.39 is 53.9 Å². The van der Waals surface area contributed by atoms with Crippen LogP contribution < -0.4 is 0 Å². The fourth-order valence-electron chi connectivity index (χ4n) is 15.2. The molecule has 17 heteroatoms. The van der Waals surface area contributed by atoms with Gasteiger partial charge in [0.05, 0.1) is 58.5 Å². The molecule has 2 aromatic carbocycles. The van der Waals surface area contributed by atoms with E-state index in [0.717, 1.165) is 101 Å². The molecular formula is C104H178CaO14S2. The van der Waals surface area contributed by atoms with Crippen molar-refractivity contribution in [3.63, 3.8) is 0 Å². The minimum atomic E-state index is -4.82. The van der Waals surface area contributed by atoms with Crippen LogP contribution in [0.4, 0.5) is 0 Å². The van der Waals surface area contributed by atoms with Gasteiger partial charge in [0.2, 0.25) is 0 Å². The van der Waals surface area contributed by atoms with Gasteiger partial charge in [-0.15, -0.1) is 0 Å². The molecule has 0 fully saturated rings. The Labute approximate surface area is 773 Å². The smallest absolute Gasteiger partial charge is 0.744 e. The summed E-state index contributed by atoms with van der Waals surface area (Å²) >= 11 is 0. The Bertz CT molecular complexity index is 2880. The van der Waals surface area contributed by atoms with Crippen molar-refractivity contribution in [3.05, 3.63) is 107 Å². The Morgan fingerprint density at radius 2 is 0.364 bits per heavy atom. The van der Waals surface area contributed by atoms with Crippen molar-refractivity contribution < 1.29 is 64.1 Å². The van der Waals surface area contributed by atoms with Gasteiger partial charge in [0.15, 0.2) is 0 Å². The van der Waals surface area contributed by atoms with E-state index in [-0.39, 0.29) is 86.4 Å². The van der Waals surface area contributed by atoms with Gasteiger partial charge >= 0.3 is 61.6 Å². The third kappa shape index (κ3) is 75.1. The number of hydrogen-bond donors (Lipinski definition) is 0. The van der Waals surface area contributed by atoms with E-state index in [1.165, 1.54) is 372 Å². The van der Waals surface area contributed by atoms with Gasteiger partial charge in [0.25, 0.3) is 0 Å². The monoisotopic (exact) mass is 1760 g/mol. The quantitative estimate of drug-likeness (QED) is 0.0150. The zero-order valence-electron chi connectivity index (χ0n) is 78.1. The van der Waals surface area contributed by atoms with Crippen molar-refractivity contribution in [3.8, 4) is 0 Å². The number of allylic oxidation sites excluding steroid dienone is 8. The van der Waals surface area contributed by atoms with E-state index in [0.29, 0.717) is 25.7 Å². The Hall–Kier alpha value is -3.64. The van der Waals surface area contributed by atoms with Crippen molar-refractivity contribution in [1.29, 1.82) is 0 Å². The fourth-order valence-corrected chi connectivity index (χ4v) is 16.2. The largest absolute Gasteiger partial charge is 2.00 e. The number of ether oxygens (including phenoxy) is 4. The van der Waals surface area contributed by atoms with Crippen molar-refractivity contribution >= 4 is 81.9 Å². The van der Waals surface area contributed by atoms with Crippen LogP contribution in [-0.2, 0) is 39.2 Å². The predicted octanol–water partition coefficient (Wildman–Crippen LogP) is 31.8. The number of benzene rings is 2. The molecule has 0 N–H and O–H groups in total. The standard InChI is InChI=1S/2C52H90O7S.Ca/c2*1-3-5-7-9-11-13-15-17-19-21-23-25-27-29-31-33-35-37-39-41-45-58-51(53)49-44-43-48(60(55,56)57)47-50(49)52(54)59-46-42-40-38-36-34-32-30-28-26-24-22-20-18-16-14-12-10-8-6-4-2;/h2*15-18,43-44,47H,3-14,19-42,45-46H2,1-2H3,(H,55,56,57);/q;;+2/p-2/b2*17-15+,18-16+;. The molecule has 692 valence electrons. The zero-order chi connectivity index (χ0) is 87.2. The molecule has 0 bridgehead atoms. The first-order chi connectivity index (χ1) is 58.6. The molecule has 0 spiro atoms. The first-order valence-electron chi connectivity index (χ1n) is 50.1. The van der Waals surface area contributed by atoms with Crippen LogP contribution >= 0.6 is 0 Å². The maximum absolute atomic E-state index is 13.0. The molecule has 121 heavy (non-hydrogen) atoms. The number of unbranched alkanes of at least 4 members (excludes halogenated alkanes) is 64. The molecule has 0 amide bonds. The van der Waals surface area contributed by atoms with E-state index >= 15 is 0 Å². The normalized spacial score (nSPS) is 11.8. The van der Waals surface area contributed by atoms with E-state index in [4.69, 9.17) is 18.9 Å². The van der Waals surface area contributed by atoms with Crippen LogP contribution in [0.1, 0.15) is 531 Å². The summed E-state index contributed by atoms with van der Waals surface area (Å²) in [7, 11) is -9.64. The second kappa shape index (κ2) is 88.4. The number of hydrogen-bond acceptors (Lipinski definition) is 14. The molecule has 0 aromatic heterocycles. The summed E-state index contributed by atoms with van der Waals surface area (Å²) in [6.07, 6.45) is 107. The zero-order valence-corrected chi connectivity index (χ0v) is 81.9. The first kappa shape index (κ1) is 117. The summed E-state index contributed by atoms with van der Waals surface area (Å²) in [6, 6.07) is 6.31. The number of carbonyl (C=O) groups is 4. The van der Waals surface area contributed by atoms with Gasteiger partial charge in [-0.05, 0) is 165 Å². The third-order valence-electron chi connectivity index (χ3n) is 23.0. The summed E-state index contributed by atoms with van der Waals surface area (Å²) in [4.78, 5) is 50.7. The summed E-state index contributed by atoms with van der Waals surface area (Å²) < 4.78 is 91.9. The topological polar surface area (TPSA) is 220 Å². The van der Waals surface area contributed by atoms with Gasteiger partial charge in [-0.3, -0.25) is 0 Å². The molecule has 0 atom stereocenters. The van der Waals surface area contributed by atoms with E-state index in [9.17, 15) is 45.1 Å². The van der Waals surface area contributed by atoms with Crippen LogP contribution in [0.2, 0.25) is 0 Å². The Morgan fingerprint density at radius 3 is 0.521 bits per heavy atom. The van der Waals surface area contributed by atoms with Crippen LogP contribution in [0.15, 0.2) is 94.8 Å². The van der Waals surface area contributed by atoms with E-state index in [1.807, 2.05) is 0 Å². The van der Waals surface area contributed by atoms with Crippen molar-refractivity contribution in [1.82, 2.24) is 0 Å². The minimum absolute atomic E-state index is 0. The first-order valence-corrected chi connectivity index (χ1v) is 52.9. The number of esters is 4. The molecule has 0 radical (unpaired) electrons. The summed E-state index contributed by atoms with van der Waals surface area (Å²) in [6.45, 7) is 9.78. The molecule has 2 rings (SSSR count). The Balaban J connectivity index is 0.00000236. The average Bonchev–Trinajstić information content (AvgIpc) is 0.813. The van der Waals surface area contributed by atoms with Crippen molar-refractivity contribution in [2.75, 3.05) is 26.4 Å². The molecule has 0 unspecified atom stereocenters. The van der Waals surface area contributed by atoms with Crippen LogP contribution in [0.5, 0.6) is 0 Å². The van der Waals surface area contributed by atoms with Gasteiger partial charge < -0.3 is 28.1 Å². The van der Waals surface area contributed by atoms with Gasteiger partial charge in [-0.1, -0.05) is 410 Å². The molecule has 0 aliphatic rings. The second-order valence-electron chi connectivity index (χ2n) is 34.3. The number of carbonyl (C=O) groups excluding carboxylic acids is 4. The van der Waals surface area contributed by atoms with Crippen LogP contribution in [0.3, 0.4) is 0 Å². The third-order valence-corrected chi connectivity index (χ3v) is 24.7. The number of rotatable bonds is 86.